The molecule has 0 aromatic heterocycles. The van der Waals surface area contributed by atoms with E-state index in [2.05, 4.69) is 27.7 Å². The van der Waals surface area contributed by atoms with Gasteiger partial charge in [0.15, 0.2) is 0 Å². The number of hydrogen-bond acceptors (Lipinski definition) is 3. The van der Waals surface area contributed by atoms with Gasteiger partial charge in [-0.15, -0.1) is 0 Å². The van der Waals surface area contributed by atoms with Gasteiger partial charge in [-0.3, -0.25) is 4.79 Å². The Morgan fingerprint density at radius 1 is 1.18 bits per heavy atom. The van der Waals surface area contributed by atoms with E-state index >= 15 is 0 Å². The van der Waals surface area contributed by atoms with Gasteiger partial charge in [-0.25, -0.2) is 0 Å². The fourth-order valence-electron chi connectivity index (χ4n) is 3.71. The van der Waals surface area contributed by atoms with Gasteiger partial charge < -0.3 is 9.84 Å². The maximum absolute atomic E-state index is 11.3. The molecule has 1 saturated heterocycles. The summed E-state index contributed by atoms with van der Waals surface area (Å²) in [5, 5.41) is 10.8. The summed E-state index contributed by atoms with van der Waals surface area (Å²) in [6.45, 7) is 8.26. The van der Waals surface area contributed by atoms with Crippen molar-refractivity contribution in [2.24, 2.45) is 5.92 Å². The molecule has 1 aliphatic carbocycles. The Bertz CT molecular complexity index is 320. The minimum absolute atomic E-state index is 0.123. The van der Waals surface area contributed by atoms with Crippen LogP contribution in [0.3, 0.4) is 0 Å². The quantitative estimate of drug-likeness (QED) is 0.766. The second-order valence-electron chi connectivity index (χ2n) is 6.86. The Kier molecular flexibility index (Phi) is 2.91. The number of ether oxygens (including phenoxy) is 1. The van der Waals surface area contributed by atoms with Crippen LogP contribution in [-0.2, 0) is 9.53 Å². The molecule has 98 valence electrons. The Morgan fingerprint density at radius 3 is 2.12 bits per heavy atom. The lowest BCUT2D eigenvalue weighted by atomic mass is 9.68. The first-order valence-corrected chi connectivity index (χ1v) is 6.59. The van der Waals surface area contributed by atoms with Crippen LogP contribution in [0.2, 0.25) is 0 Å². The molecule has 17 heavy (non-hydrogen) atoms. The molecule has 1 atom stereocenters. The van der Waals surface area contributed by atoms with E-state index in [1.54, 1.807) is 0 Å². The summed E-state index contributed by atoms with van der Waals surface area (Å²) < 4.78 is 6.05. The molecule has 1 N–H and O–H groups in total. The Hall–Kier alpha value is -0.410. The second-order valence-corrected chi connectivity index (χ2v) is 6.86. The molecular formula is C14H24O3. The molecule has 3 nitrogen and oxygen atoms in total. The van der Waals surface area contributed by atoms with E-state index in [9.17, 15) is 9.90 Å². The third-order valence-electron chi connectivity index (χ3n) is 4.40. The first-order valence-electron chi connectivity index (χ1n) is 6.59. The van der Waals surface area contributed by atoms with Gasteiger partial charge in [0.25, 0.3) is 0 Å². The number of carbonyl (C=O) groups excluding carboxylic acids is 1. The first-order chi connectivity index (χ1) is 7.65. The molecule has 2 aliphatic rings. The first kappa shape index (κ1) is 13.0. The van der Waals surface area contributed by atoms with Crippen LogP contribution < -0.4 is 0 Å². The summed E-state index contributed by atoms with van der Waals surface area (Å²) in [7, 11) is 0. The standard InChI is InChI=1S/C14H24O3/c1-12(2)9-11(13(3,4)17-12)14(16)7-5-10(15)6-8-14/h11,16H,5-9H2,1-4H3. The van der Waals surface area contributed by atoms with Crippen molar-refractivity contribution in [3.05, 3.63) is 0 Å². The Balaban J connectivity index is 2.19. The molecule has 1 saturated carbocycles. The van der Waals surface area contributed by atoms with Crippen molar-refractivity contribution in [2.45, 2.75) is 76.6 Å². The highest BCUT2D eigenvalue weighted by Gasteiger charge is 2.55. The number of aliphatic hydroxyl groups is 1. The molecule has 0 radical (unpaired) electrons. The van der Waals surface area contributed by atoms with Gasteiger partial charge in [0.2, 0.25) is 0 Å². The summed E-state index contributed by atoms with van der Waals surface area (Å²) in [6.07, 6.45) is 3.09. The van der Waals surface area contributed by atoms with Gasteiger partial charge in [0, 0.05) is 18.8 Å². The largest absolute Gasteiger partial charge is 0.389 e. The van der Waals surface area contributed by atoms with Gasteiger partial charge in [0.05, 0.1) is 16.8 Å². The highest BCUT2D eigenvalue weighted by atomic mass is 16.5. The number of carbonyl (C=O) groups is 1. The second kappa shape index (κ2) is 3.79. The molecule has 1 unspecified atom stereocenters. The van der Waals surface area contributed by atoms with Crippen molar-refractivity contribution in [2.75, 3.05) is 0 Å². The fourth-order valence-corrected chi connectivity index (χ4v) is 3.71. The van der Waals surface area contributed by atoms with Crippen molar-refractivity contribution in [1.29, 1.82) is 0 Å². The summed E-state index contributed by atoms with van der Waals surface area (Å²) in [5.41, 5.74) is -1.20. The van der Waals surface area contributed by atoms with Crippen molar-refractivity contribution in [3.63, 3.8) is 0 Å². The average Bonchev–Trinajstić information content (AvgIpc) is 2.40. The average molecular weight is 240 g/mol. The maximum atomic E-state index is 11.3. The smallest absolute Gasteiger partial charge is 0.133 e. The highest BCUT2D eigenvalue weighted by molar-refractivity contribution is 5.79. The van der Waals surface area contributed by atoms with Crippen LogP contribution in [-0.4, -0.2) is 27.7 Å². The summed E-state index contributed by atoms with van der Waals surface area (Å²) in [5.74, 6) is 0.406. The van der Waals surface area contributed by atoms with Crippen molar-refractivity contribution >= 4 is 5.78 Å². The zero-order valence-electron chi connectivity index (χ0n) is 11.4. The zero-order chi connectivity index (χ0) is 12.9. The molecule has 0 bridgehead atoms. The minimum Gasteiger partial charge on any atom is -0.389 e. The van der Waals surface area contributed by atoms with Crippen LogP contribution in [0.5, 0.6) is 0 Å². The monoisotopic (exact) mass is 240 g/mol. The van der Waals surface area contributed by atoms with E-state index in [0.29, 0.717) is 25.7 Å². The molecule has 2 rings (SSSR count). The van der Waals surface area contributed by atoms with E-state index in [1.807, 2.05) is 0 Å². The molecule has 1 aliphatic heterocycles. The number of rotatable bonds is 1. The van der Waals surface area contributed by atoms with E-state index in [4.69, 9.17) is 4.74 Å². The minimum atomic E-state index is -0.717. The molecular weight excluding hydrogens is 216 g/mol. The molecule has 0 amide bonds. The van der Waals surface area contributed by atoms with Gasteiger partial charge in [-0.05, 0) is 47.0 Å². The molecule has 0 aromatic carbocycles. The number of Topliss-reactive ketones (excluding diaryl/α,β-unsaturated/α-hetero) is 1. The van der Waals surface area contributed by atoms with E-state index in [-0.39, 0.29) is 22.9 Å². The Labute approximate surface area is 104 Å². The van der Waals surface area contributed by atoms with Crippen LogP contribution >= 0.6 is 0 Å². The van der Waals surface area contributed by atoms with Gasteiger partial charge >= 0.3 is 0 Å². The number of ketones is 1. The third kappa shape index (κ3) is 2.41. The predicted molar refractivity (Wildman–Crippen MR) is 65.8 cm³/mol. The lowest BCUT2D eigenvalue weighted by Gasteiger charge is -2.42. The van der Waals surface area contributed by atoms with Crippen LogP contribution in [0.4, 0.5) is 0 Å². The number of hydrogen-bond donors (Lipinski definition) is 1. The third-order valence-corrected chi connectivity index (χ3v) is 4.40. The van der Waals surface area contributed by atoms with Crippen molar-refractivity contribution in [1.82, 2.24) is 0 Å². The van der Waals surface area contributed by atoms with Crippen molar-refractivity contribution < 1.29 is 14.6 Å². The highest BCUT2D eigenvalue weighted by Crippen LogP contribution is 2.50. The topological polar surface area (TPSA) is 46.5 Å². The summed E-state index contributed by atoms with van der Waals surface area (Å²) >= 11 is 0. The summed E-state index contributed by atoms with van der Waals surface area (Å²) in [6, 6.07) is 0. The van der Waals surface area contributed by atoms with Crippen LogP contribution in [0.25, 0.3) is 0 Å². The van der Waals surface area contributed by atoms with Crippen LogP contribution in [0, 0.1) is 5.92 Å². The van der Waals surface area contributed by atoms with Gasteiger partial charge in [-0.2, -0.15) is 0 Å². The SMILES string of the molecule is CC1(C)CC(C2(O)CCC(=O)CC2)C(C)(C)O1. The Morgan fingerprint density at radius 2 is 1.71 bits per heavy atom. The predicted octanol–water partition coefficient (Wildman–Crippen LogP) is 2.45. The molecule has 3 heteroatoms. The van der Waals surface area contributed by atoms with E-state index in [1.165, 1.54) is 0 Å². The zero-order valence-corrected chi connectivity index (χ0v) is 11.4. The van der Waals surface area contributed by atoms with Crippen molar-refractivity contribution in [3.8, 4) is 0 Å². The molecule has 0 aromatic rings. The fraction of sp³-hybridized carbons (Fsp3) is 0.929. The van der Waals surface area contributed by atoms with E-state index < -0.39 is 5.60 Å². The lowest BCUT2D eigenvalue weighted by molar-refractivity contribution is -0.140. The van der Waals surface area contributed by atoms with E-state index in [0.717, 1.165) is 6.42 Å². The lowest BCUT2D eigenvalue weighted by Crippen LogP contribution is -2.48. The molecule has 2 fully saturated rings. The normalized spacial score (nSPS) is 34.9. The van der Waals surface area contributed by atoms with Crippen LogP contribution in [0.1, 0.15) is 59.8 Å². The summed E-state index contributed by atoms with van der Waals surface area (Å²) in [4.78, 5) is 11.3. The molecule has 1 heterocycles. The molecule has 0 spiro atoms. The van der Waals surface area contributed by atoms with Gasteiger partial charge in [-0.1, -0.05) is 0 Å². The van der Waals surface area contributed by atoms with Gasteiger partial charge in [0.1, 0.15) is 5.78 Å². The van der Waals surface area contributed by atoms with Crippen LogP contribution in [0.15, 0.2) is 0 Å². The maximum Gasteiger partial charge on any atom is 0.133 e.